The van der Waals surface area contributed by atoms with E-state index in [4.69, 9.17) is 0 Å². The Kier molecular flexibility index (Phi) is 3.09. The van der Waals surface area contributed by atoms with Gasteiger partial charge in [0.15, 0.2) is 0 Å². The third-order valence-corrected chi connectivity index (χ3v) is 2.05. The van der Waals surface area contributed by atoms with Crippen LogP contribution in [-0.2, 0) is 0 Å². The van der Waals surface area contributed by atoms with Crippen molar-refractivity contribution in [1.29, 1.82) is 0 Å². The molecule has 0 spiro atoms. The fourth-order valence-corrected chi connectivity index (χ4v) is 1.05. The molecular formula is C12H16. The molecule has 0 saturated heterocycles. The van der Waals surface area contributed by atoms with E-state index in [0.29, 0.717) is 0 Å². The Balaban J connectivity index is 2.84. The van der Waals surface area contributed by atoms with E-state index < -0.39 is 0 Å². The fourth-order valence-electron chi connectivity index (χ4n) is 1.05. The van der Waals surface area contributed by atoms with E-state index in [1.165, 1.54) is 16.7 Å². The quantitative estimate of drug-likeness (QED) is 0.617. The molecular weight excluding hydrogens is 144 g/mol. The van der Waals surface area contributed by atoms with Crippen LogP contribution in [-0.4, -0.2) is 0 Å². The molecule has 0 aliphatic carbocycles. The summed E-state index contributed by atoms with van der Waals surface area (Å²) in [6, 6.07) is 8.62. The second kappa shape index (κ2) is 4.10. The summed E-state index contributed by atoms with van der Waals surface area (Å²) in [6.07, 6.45) is 3.37. The van der Waals surface area contributed by atoms with Crippen molar-refractivity contribution in [2.75, 3.05) is 0 Å². The van der Waals surface area contributed by atoms with Crippen molar-refractivity contribution >= 4 is 6.08 Å². The van der Waals surface area contributed by atoms with Crippen LogP contribution in [0.4, 0.5) is 0 Å². The third-order valence-electron chi connectivity index (χ3n) is 2.05. The van der Waals surface area contributed by atoms with Crippen LogP contribution in [0.25, 0.3) is 6.08 Å². The smallest absolute Gasteiger partial charge is 0.0257 e. The number of allylic oxidation sites excluding steroid dienone is 1. The zero-order valence-electron chi connectivity index (χ0n) is 8.09. The molecule has 0 nitrogen and oxygen atoms in total. The highest BCUT2D eigenvalue weighted by molar-refractivity contribution is 5.52. The summed E-state index contributed by atoms with van der Waals surface area (Å²) in [5.74, 6) is 0. The van der Waals surface area contributed by atoms with Gasteiger partial charge < -0.3 is 0 Å². The summed E-state index contributed by atoms with van der Waals surface area (Å²) >= 11 is 0. The lowest BCUT2D eigenvalue weighted by molar-refractivity contribution is 1.11. The van der Waals surface area contributed by atoms with Crippen LogP contribution >= 0.6 is 0 Å². The largest absolute Gasteiger partial charge is 0.0730 e. The van der Waals surface area contributed by atoms with Gasteiger partial charge in [0.25, 0.3) is 0 Å². The Morgan fingerprint density at radius 2 is 1.83 bits per heavy atom. The Bertz CT molecular complexity index is 265. The van der Waals surface area contributed by atoms with Gasteiger partial charge in [-0.3, -0.25) is 0 Å². The molecule has 64 valence electrons. The first-order chi connectivity index (χ1) is 5.72. The molecule has 1 rings (SSSR count). The van der Waals surface area contributed by atoms with Gasteiger partial charge in [-0.1, -0.05) is 48.4 Å². The first-order valence-electron chi connectivity index (χ1n) is 4.46. The van der Waals surface area contributed by atoms with E-state index in [-0.39, 0.29) is 0 Å². The van der Waals surface area contributed by atoms with E-state index in [0.717, 1.165) is 6.42 Å². The molecule has 0 aromatic heterocycles. The van der Waals surface area contributed by atoms with Crippen molar-refractivity contribution in [3.05, 3.63) is 41.0 Å². The van der Waals surface area contributed by atoms with Crippen molar-refractivity contribution in [3.8, 4) is 0 Å². The highest BCUT2D eigenvalue weighted by atomic mass is 13.9. The van der Waals surface area contributed by atoms with Gasteiger partial charge in [-0.15, -0.1) is 0 Å². The lowest BCUT2D eigenvalue weighted by Crippen LogP contribution is -1.76. The van der Waals surface area contributed by atoms with E-state index >= 15 is 0 Å². The summed E-state index contributed by atoms with van der Waals surface area (Å²) < 4.78 is 0. The zero-order valence-corrected chi connectivity index (χ0v) is 8.09. The van der Waals surface area contributed by atoms with Crippen LogP contribution in [0.2, 0.25) is 0 Å². The number of hydrogen-bond acceptors (Lipinski definition) is 0. The highest BCUT2D eigenvalue weighted by Gasteiger charge is 1.88. The minimum atomic E-state index is 1.13. The number of benzene rings is 1. The summed E-state index contributed by atoms with van der Waals surface area (Å²) in [7, 11) is 0. The molecule has 0 amide bonds. The molecule has 0 N–H and O–H groups in total. The molecule has 12 heavy (non-hydrogen) atoms. The maximum atomic E-state index is 2.24. The van der Waals surface area contributed by atoms with E-state index in [1.807, 2.05) is 0 Å². The molecule has 0 aliphatic heterocycles. The SMILES string of the molecule is CC/C(C)=C/c1ccc(C)cc1. The maximum Gasteiger partial charge on any atom is -0.0257 e. The summed E-state index contributed by atoms with van der Waals surface area (Å²) in [6.45, 7) is 6.46. The van der Waals surface area contributed by atoms with Gasteiger partial charge in [-0.05, 0) is 25.8 Å². The number of rotatable bonds is 2. The highest BCUT2D eigenvalue weighted by Crippen LogP contribution is 2.09. The average molecular weight is 160 g/mol. The van der Waals surface area contributed by atoms with E-state index in [9.17, 15) is 0 Å². The van der Waals surface area contributed by atoms with E-state index in [1.54, 1.807) is 0 Å². The average Bonchev–Trinajstić information content (AvgIpc) is 2.09. The lowest BCUT2D eigenvalue weighted by Gasteiger charge is -1.97. The van der Waals surface area contributed by atoms with Crippen molar-refractivity contribution in [3.63, 3.8) is 0 Å². The third kappa shape index (κ3) is 2.54. The topological polar surface area (TPSA) is 0 Å². The molecule has 1 aromatic carbocycles. The van der Waals surface area contributed by atoms with E-state index in [2.05, 4.69) is 51.1 Å². The second-order valence-corrected chi connectivity index (χ2v) is 3.25. The molecule has 0 atom stereocenters. The monoisotopic (exact) mass is 160 g/mol. The second-order valence-electron chi connectivity index (χ2n) is 3.25. The van der Waals surface area contributed by atoms with Crippen molar-refractivity contribution < 1.29 is 0 Å². The van der Waals surface area contributed by atoms with Gasteiger partial charge in [-0.25, -0.2) is 0 Å². The van der Waals surface area contributed by atoms with Gasteiger partial charge >= 0.3 is 0 Å². The van der Waals surface area contributed by atoms with Crippen molar-refractivity contribution in [1.82, 2.24) is 0 Å². The van der Waals surface area contributed by atoms with Crippen LogP contribution in [0, 0.1) is 6.92 Å². The molecule has 0 heteroatoms. The molecule has 0 heterocycles. The number of aryl methyl sites for hydroxylation is 1. The molecule has 0 unspecified atom stereocenters. The first kappa shape index (κ1) is 9.05. The predicted octanol–water partition coefficient (Wildman–Crippen LogP) is 3.81. The van der Waals surface area contributed by atoms with Gasteiger partial charge in [0, 0.05) is 0 Å². The summed E-state index contributed by atoms with van der Waals surface area (Å²) in [4.78, 5) is 0. The lowest BCUT2D eigenvalue weighted by atomic mass is 10.1. The van der Waals surface area contributed by atoms with Gasteiger partial charge in [0.05, 0.1) is 0 Å². The van der Waals surface area contributed by atoms with Crippen LogP contribution in [0.1, 0.15) is 31.4 Å². The zero-order chi connectivity index (χ0) is 8.97. The van der Waals surface area contributed by atoms with Crippen LogP contribution in [0.5, 0.6) is 0 Å². The maximum absolute atomic E-state index is 2.24. The van der Waals surface area contributed by atoms with Crippen LogP contribution in [0.3, 0.4) is 0 Å². The standard InChI is InChI=1S/C12H16/c1-4-10(2)9-12-7-5-11(3)6-8-12/h5-9H,4H2,1-3H3/b10-9+. The van der Waals surface area contributed by atoms with Crippen LogP contribution in [0.15, 0.2) is 29.8 Å². The van der Waals surface area contributed by atoms with Crippen molar-refractivity contribution in [2.24, 2.45) is 0 Å². The minimum absolute atomic E-state index is 1.13. The Morgan fingerprint density at radius 3 is 2.33 bits per heavy atom. The van der Waals surface area contributed by atoms with Crippen LogP contribution < -0.4 is 0 Å². The predicted molar refractivity (Wildman–Crippen MR) is 55.1 cm³/mol. The van der Waals surface area contributed by atoms with Gasteiger partial charge in [-0.2, -0.15) is 0 Å². The Labute approximate surface area is 74.9 Å². The molecule has 1 aromatic rings. The molecule has 0 bridgehead atoms. The molecule has 0 radical (unpaired) electrons. The first-order valence-corrected chi connectivity index (χ1v) is 4.46. The Hall–Kier alpha value is -1.04. The molecule has 0 fully saturated rings. The van der Waals surface area contributed by atoms with Gasteiger partial charge in [0.2, 0.25) is 0 Å². The normalized spacial score (nSPS) is 11.8. The van der Waals surface area contributed by atoms with Gasteiger partial charge in [0.1, 0.15) is 0 Å². The van der Waals surface area contributed by atoms with Crippen molar-refractivity contribution in [2.45, 2.75) is 27.2 Å². The Morgan fingerprint density at radius 1 is 1.25 bits per heavy atom. The summed E-state index contributed by atoms with van der Waals surface area (Å²) in [5, 5.41) is 0. The fraction of sp³-hybridized carbons (Fsp3) is 0.333. The molecule has 0 aliphatic rings. The number of hydrogen-bond donors (Lipinski definition) is 0. The summed E-state index contributed by atoms with van der Waals surface area (Å²) in [5.41, 5.74) is 4.06. The minimum Gasteiger partial charge on any atom is -0.0730 e. The molecule has 0 saturated carbocycles.